The lowest BCUT2D eigenvalue weighted by Gasteiger charge is -2.25. The molecule has 15 heteroatoms. The Balaban J connectivity index is 2.14. The Hall–Kier alpha value is -4.95. The fourth-order valence-corrected chi connectivity index (χ4v) is 4.05. The van der Waals surface area contributed by atoms with E-state index in [-0.39, 0.29) is 25.4 Å². The Labute approximate surface area is 261 Å². The van der Waals surface area contributed by atoms with Gasteiger partial charge in [-0.15, -0.1) is 0 Å². The second kappa shape index (κ2) is 17.4. The Morgan fingerprint density at radius 2 is 1.56 bits per heavy atom. The fraction of sp³-hybridized carbons (Fsp3) is 0.500. The third kappa shape index (κ3) is 14.4. The molecule has 2 rings (SSSR count). The smallest absolute Gasteiger partial charge is 0.408 e. The summed E-state index contributed by atoms with van der Waals surface area (Å²) in [4.78, 5) is 82.9. The summed E-state index contributed by atoms with van der Waals surface area (Å²) in [5.41, 5.74) is 5.84. The number of rotatable bonds is 16. The van der Waals surface area contributed by atoms with Crippen LogP contribution >= 0.6 is 0 Å². The molecule has 1 aromatic carbocycles. The number of imidazole rings is 1. The molecule has 45 heavy (non-hydrogen) atoms. The molecule has 0 aliphatic heterocycles. The van der Waals surface area contributed by atoms with Crippen LogP contribution in [0.5, 0.6) is 0 Å². The summed E-state index contributed by atoms with van der Waals surface area (Å²) < 4.78 is 10.4. The minimum atomic E-state index is -1.49. The zero-order chi connectivity index (χ0) is 33.6. The number of carbonyl (C=O) groups is 6. The van der Waals surface area contributed by atoms with Crippen molar-refractivity contribution in [1.29, 1.82) is 0 Å². The number of aromatic amines is 1. The number of carbonyl (C=O) groups excluding carboxylic acids is 6. The van der Waals surface area contributed by atoms with Gasteiger partial charge in [-0.1, -0.05) is 44.2 Å². The molecule has 0 radical (unpaired) electrons. The summed E-state index contributed by atoms with van der Waals surface area (Å²) >= 11 is 0. The molecule has 0 aliphatic carbocycles. The Kier molecular flexibility index (Phi) is 14.0. The van der Waals surface area contributed by atoms with E-state index in [4.69, 9.17) is 15.2 Å². The predicted molar refractivity (Wildman–Crippen MR) is 162 cm³/mol. The molecule has 5 amide bonds. The zero-order valence-electron chi connectivity index (χ0n) is 26.2. The summed E-state index contributed by atoms with van der Waals surface area (Å²) in [6.07, 6.45) is 1.48. The van der Waals surface area contributed by atoms with Crippen molar-refractivity contribution in [2.24, 2.45) is 11.7 Å². The van der Waals surface area contributed by atoms with Crippen LogP contribution in [-0.2, 0) is 46.5 Å². The van der Waals surface area contributed by atoms with Crippen LogP contribution in [0.1, 0.15) is 58.7 Å². The van der Waals surface area contributed by atoms with Gasteiger partial charge in [0.25, 0.3) is 0 Å². The van der Waals surface area contributed by atoms with Gasteiger partial charge >= 0.3 is 12.1 Å². The Bertz CT molecular complexity index is 1290. The second-order valence-electron chi connectivity index (χ2n) is 11.8. The molecule has 1 heterocycles. The van der Waals surface area contributed by atoms with Crippen molar-refractivity contribution >= 4 is 35.7 Å². The highest BCUT2D eigenvalue weighted by atomic mass is 16.6. The molecule has 15 nitrogen and oxygen atoms in total. The number of nitrogens with zero attached hydrogens (tertiary/aromatic N) is 1. The molecule has 7 N–H and O–H groups in total. The van der Waals surface area contributed by atoms with Crippen LogP contribution in [0.15, 0.2) is 42.9 Å². The van der Waals surface area contributed by atoms with E-state index in [1.165, 1.54) is 12.5 Å². The van der Waals surface area contributed by atoms with Gasteiger partial charge in [-0.25, -0.2) is 9.78 Å². The SMILES string of the molecule is CC(C)C[C@H](NC(=O)[C@H](CC(N)=O)NC(=O)[C@H](Cc1cnc[nH]1)NC(=O)OCc1ccccc1)C(=O)NCC(=O)OC(C)(C)C. The molecule has 246 valence electrons. The van der Waals surface area contributed by atoms with Crippen molar-refractivity contribution in [2.75, 3.05) is 6.54 Å². The Morgan fingerprint density at radius 3 is 2.13 bits per heavy atom. The van der Waals surface area contributed by atoms with Gasteiger partial charge in [0, 0.05) is 18.3 Å². The van der Waals surface area contributed by atoms with E-state index < -0.39 is 72.4 Å². The van der Waals surface area contributed by atoms with E-state index in [0.717, 1.165) is 5.56 Å². The minimum Gasteiger partial charge on any atom is -0.459 e. The summed E-state index contributed by atoms with van der Waals surface area (Å²) in [6, 6.07) is 5.05. The predicted octanol–water partition coefficient (Wildman–Crippen LogP) is 0.596. The van der Waals surface area contributed by atoms with Crippen molar-refractivity contribution < 1.29 is 38.2 Å². The van der Waals surface area contributed by atoms with Gasteiger partial charge < -0.3 is 41.5 Å². The monoisotopic (exact) mass is 629 g/mol. The van der Waals surface area contributed by atoms with Gasteiger partial charge in [-0.05, 0) is 38.7 Å². The number of hydrogen-bond acceptors (Lipinski definition) is 9. The number of nitrogens with one attached hydrogen (secondary N) is 5. The summed E-state index contributed by atoms with van der Waals surface area (Å²) in [7, 11) is 0. The summed E-state index contributed by atoms with van der Waals surface area (Å²) in [5.74, 6) is -3.97. The summed E-state index contributed by atoms with van der Waals surface area (Å²) in [6.45, 7) is 8.23. The molecule has 0 aliphatic rings. The van der Waals surface area contributed by atoms with Crippen molar-refractivity contribution in [1.82, 2.24) is 31.2 Å². The molecule has 0 spiro atoms. The van der Waals surface area contributed by atoms with E-state index in [1.54, 1.807) is 45.0 Å². The number of primary amides is 1. The molecule has 2 aromatic rings. The highest BCUT2D eigenvalue weighted by molar-refractivity contribution is 5.96. The van der Waals surface area contributed by atoms with Crippen LogP contribution in [0.3, 0.4) is 0 Å². The van der Waals surface area contributed by atoms with E-state index >= 15 is 0 Å². The van der Waals surface area contributed by atoms with E-state index in [9.17, 15) is 28.8 Å². The maximum atomic E-state index is 13.4. The van der Waals surface area contributed by atoms with Crippen molar-refractivity contribution in [3.8, 4) is 0 Å². The third-order valence-electron chi connectivity index (χ3n) is 6.01. The van der Waals surface area contributed by atoms with Gasteiger partial charge in [-0.2, -0.15) is 0 Å². The first-order valence-corrected chi connectivity index (χ1v) is 14.5. The molecule has 0 unspecified atom stereocenters. The molecule has 0 saturated heterocycles. The van der Waals surface area contributed by atoms with Crippen LogP contribution in [0, 0.1) is 5.92 Å². The topological polar surface area (TPSA) is 224 Å². The second-order valence-corrected chi connectivity index (χ2v) is 11.8. The number of H-pyrrole nitrogens is 1. The maximum absolute atomic E-state index is 13.4. The zero-order valence-corrected chi connectivity index (χ0v) is 26.2. The number of hydrogen-bond donors (Lipinski definition) is 6. The Morgan fingerprint density at radius 1 is 0.911 bits per heavy atom. The van der Waals surface area contributed by atoms with Crippen molar-refractivity contribution in [2.45, 2.75) is 84.2 Å². The lowest BCUT2D eigenvalue weighted by atomic mass is 10.0. The molecule has 0 bridgehead atoms. The van der Waals surface area contributed by atoms with Gasteiger partial charge in [0.05, 0.1) is 12.7 Å². The van der Waals surface area contributed by atoms with Crippen molar-refractivity contribution in [3.05, 3.63) is 54.1 Å². The number of nitrogens with two attached hydrogens (primary N) is 1. The van der Waals surface area contributed by atoms with E-state index in [1.807, 2.05) is 19.9 Å². The van der Waals surface area contributed by atoms with Crippen LogP contribution in [0.2, 0.25) is 0 Å². The standard InChI is InChI=1S/C30H43N7O8/c1-18(2)11-21(26(40)33-15-25(39)45-30(3,4)5)35-28(42)23(13-24(31)38)36-27(41)22(12-20-14-32-17-34-20)37-29(43)44-16-19-9-7-6-8-10-19/h6-10,14,17-18,21-23H,11-13,15-16H2,1-5H3,(H2,31,38)(H,32,34)(H,33,40)(H,35,42)(H,36,41)(H,37,43)/t21-,22-,23-/m0/s1. The molecular formula is C30H43N7O8. The van der Waals surface area contributed by atoms with Gasteiger partial charge in [0.1, 0.15) is 36.9 Å². The van der Waals surface area contributed by atoms with Crippen LogP contribution < -0.4 is 27.0 Å². The fourth-order valence-electron chi connectivity index (χ4n) is 4.05. The molecular weight excluding hydrogens is 586 g/mol. The van der Waals surface area contributed by atoms with Gasteiger partial charge in [0.2, 0.25) is 23.6 Å². The highest BCUT2D eigenvalue weighted by Crippen LogP contribution is 2.09. The van der Waals surface area contributed by atoms with Crippen LogP contribution in [-0.4, -0.2) is 75.9 Å². The van der Waals surface area contributed by atoms with E-state index in [0.29, 0.717) is 5.69 Å². The molecule has 0 fully saturated rings. The van der Waals surface area contributed by atoms with Gasteiger partial charge in [-0.3, -0.25) is 24.0 Å². The summed E-state index contributed by atoms with van der Waals surface area (Å²) in [5, 5.41) is 9.91. The lowest BCUT2D eigenvalue weighted by molar-refractivity contribution is -0.154. The normalized spacial score (nSPS) is 13.1. The number of amides is 5. The number of benzene rings is 1. The number of aromatic nitrogens is 2. The lowest BCUT2D eigenvalue weighted by Crippen LogP contribution is -2.58. The number of ether oxygens (including phenoxy) is 2. The number of alkyl carbamates (subject to hydrolysis) is 1. The maximum Gasteiger partial charge on any atom is 0.408 e. The molecule has 3 atom stereocenters. The highest BCUT2D eigenvalue weighted by Gasteiger charge is 2.32. The first-order chi connectivity index (χ1) is 21.1. The first-order valence-electron chi connectivity index (χ1n) is 14.5. The quantitative estimate of drug-likeness (QED) is 0.143. The van der Waals surface area contributed by atoms with Crippen LogP contribution in [0.4, 0.5) is 4.79 Å². The van der Waals surface area contributed by atoms with E-state index in [2.05, 4.69) is 31.2 Å². The third-order valence-corrected chi connectivity index (χ3v) is 6.01. The minimum absolute atomic E-state index is 0.0506. The van der Waals surface area contributed by atoms with Crippen molar-refractivity contribution in [3.63, 3.8) is 0 Å². The van der Waals surface area contributed by atoms with Gasteiger partial charge in [0.15, 0.2) is 0 Å². The average molecular weight is 630 g/mol. The average Bonchev–Trinajstić information content (AvgIpc) is 3.46. The van der Waals surface area contributed by atoms with Crippen LogP contribution in [0.25, 0.3) is 0 Å². The molecule has 0 saturated carbocycles. The first kappa shape index (κ1) is 36.2. The largest absolute Gasteiger partial charge is 0.459 e. The number of esters is 1. The molecule has 1 aromatic heterocycles.